The molecule has 2 heterocycles. The number of hydrogen-bond donors (Lipinski definition) is 2. The average Bonchev–Trinajstić information content (AvgIpc) is 2.81. The van der Waals surface area contributed by atoms with Crippen LogP contribution in [0.3, 0.4) is 0 Å². The molecule has 1 atom stereocenters. The number of hydrogen-bond acceptors (Lipinski definition) is 5. The minimum absolute atomic E-state index is 0.0684. The van der Waals surface area contributed by atoms with Crippen LogP contribution < -0.4 is 0 Å². The van der Waals surface area contributed by atoms with Gasteiger partial charge in [-0.2, -0.15) is 9.40 Å². The van der Waals surface area contributed by atoms with Crippen LogP contribution in [0.5, 0.6) is 0 Å². The molecule has 8 heteroatoms. The lowest BCUT2D eigenvalue weighted by atomic mass is 10.1. The number of sulfonamides is 1. The van der Waals surface area contributed by atoms with Crippen LogP contribution in [0.1, 0.15) is 30.5 Å². The smallest absolute Gasteiger partial charge is 0.262 e. The van der Waals surface area contributed by atoms with Crippen molar-refractivity contribution in [3.63, 3.8) is 0 Å². The van der Waals surface area contributed by atoms with Gasteiger partial charge in [-0.25, -0.2) is 8.42 Å². The molecule has 1 saturated heterocycles. The number of H-pyrrole nitrogens is 1. The highest BCUT2D eigenvalue weighted by atomic mass is 32.2. The van der Waals surface area contributed by atoms with Gasteiger partial charge >= 0.3 is 0 Å². The molecular formula is C12H21N3O4S. The van der Waals surface area contributed by atoms with E-state index in [-0.39, 0.29) is 17.7 Å². The highest BCUT2D eigenvalue weighted by molar-refractivity contribution is 7.89. The second-order valence-electron chi connectivity index (χ2n) is 5.06. The lowest BCUT2D eigenvalue weighted by Gasteiger charge is -2.26. The second-order valence-corrected chi connectivity index (χ2v) is 7.02. The first kappa shape index (κ1) is 15.4. The molecule has 1 fully saturated rings. The number of likely N-dealkylation sites (N-methyl/N-ethyl adjacent to an activating group) is 1. The van der Waals surface area contributed by atoms with Gasteiger partial charge in [-0.05, 0) is 26.2 Å². The third-order valence-corrected chi connectivity index (χ3v) is 5.38. The molecule has 0 spiro atoms. The Morgan fingerprint density at radius 3 is 2.85 bits per heavy atom. The number of rotatable bonds is 5. The normalized spacial score (nSPS) is 20.5. The van der Waals surface area contributed by atoms with E-state index in [2.05, 4.69) is 10.2 Å². The van der Waals surface area contributed by atoms with Gasteiger partial charge < -0.3 is 9.84 Å². The minimum atomic E-state index is -3.71. The molecule has 1 aromatic heterocycles. The molecule has 0 aliphatic carbocycles. The number of aromatic nitrogens is 2. The molecule has 0 aromatic carbocycles. The maximum atomic E-state index is 12.5. The fourth-order valence-corrected chi connectivity index (χ4v) is 3.66. The maximum absolute atomic E-state index is 12.5. The SMILES string of the molecule is Cc1[nH]nc(S(=O)(=O)N(C)CC2CCCCO2)c1CO. The van der Waals surface area contributed by atoms with Gasteiger partial charge in [0.2, 0.25) is 0 Å². The number of aliphatic hydroxyl groups excluding tert-OH is 1. The van der Waals surface area contributed by atoms with Crippen LogP contribution in [0, 0.1) is 6.92 Å². The zero-order valence-corrected chi connectivity index (χ0v) is 12.6. The number of nitrogens with one attached hydrogen (secondary N) is 1. The molecule has 2 N–H and O–H groups in total. The summed E-state index contributed by atoms with van der Waals surface area (Å²) in [4.78, 5) is 0. The fraction of sp³-hybridized carbons (Fsp3) is 0.750. The number of ether oxygens (including phenoxy) is 1. The molecule has 114 valence electrons. The number of aromatic amines is 1. The number of aliphatic hydroxyl groups is 1. The van der Waals surface area contributed by atoms with Crippen LogP contribution in [-0.2, 0) is 21.4 Å². The van der Waals surface area contributed by atoms with Crippen molar-refractivity contribution in [2.24, 2.45) is 0 Å². The molecule has 2 rings (SSSR count). The highest BCUT2D eigenvalue weighted by Gasteiger charge is 2.30. The average molecular weight is 303 g/mol. The summed E-state index contributed by atoms with van der Waals surface area (Å²) in [6.45, 7) is 2.31. The lowest BCUT2D eigenvalue weighted by molar-refractivity contribution is 0.00855. The molecule has 1 aliphatic heterocycles. The molecule has 0 amide bonds. The summed E-state index contributed by atoms with van der Waals surface area (Å²) in [6, 6.07) is 0. The first-order valence-electron chi connectivity index (χ1n) is 6.69. The quantitative estimate of drug-likeness (QED) is 0.821. The Morgan fingerprint density at radius 2 is 2.25 bits per heavy atom. The van der Waals surface area contributed by atoms with Crippen molar-refractivity contribution in [3.05, 3.63) is 11.3 Å². The van der Waals surface area contributed by atoms with Gasteiger partial charge in [0.15, 0.2) is 5.03 Å². The Balaban J connectivity index is 2.16. The van der Waals surface area contributed by atoms with Crippen molar-refractivity contribution < 1.29 is 18.3 Å². The van der Waals surface area contributed by atoms with Crippen LogP contribution in [0.4, 0.5) is 0 Å². The predicted octanol–water partition coefficient (Wildman–Crippen LogP) is 0.400. The van der Waals surface area contributed by atoms with E-state index in [0.717, 1.165) is 19.3 Å². The Hall–Kier alpha value is -0.960. The minimum Gasteiger partial charge on any atom is -0.392 e. The van der Waals surface area contributed by atoms with Crippen LogP contribution in [0.2, 0.25) is 0 Å². The van der Waals surface area contributed by atoms with E-state index in [0.29, 0.717) is 24.4 Å². The van der Waals surface area contributed by atoms with E-state index in [1.165, 1.54) is 11.4 Å². The Labute approximate surface area is 119 Å². The van der Waals surface area contributed by atoms with Crippen molar-refractivity contribution in [2.45, 2.75) is 43.9 Å². The predicted molar refractivity (Wildman–Crippen MR) is 72.7 cm³/mol. The summed E-state index contributed by atoms with van der Waals surface area (Å²) < 4.78 is 31.8. The van der Waals surface area contributed by atoms with Crippen LogP contribution >= 0.6 is 0 Å². The molecule has 7 nitrogen and oxygen atoms in total. The molecule has 1 aliphatic rings. The van der Waals surface area contributed by atoms with E-state index in [1.807, 2.05) is 0 Å². The van der Waals surface area contributed by atoms with E-state index in [1.54, 1.807) is 6.92 Å². The molecule has 0 bridgehead atoms. The molecule has 0 radical (unpaired) electrons. The van der Waals surface area contributed by atoms with Gasteiger partial charge in [0.05, 0.1) is 12.7 Å². The van der Waals surface area contributed by atoms with Crippen LogP contribution in [0.25, 0.3) is 0 Å². The summed E-state index contributed by atoms with van der Waals surface area (Å²) in [5, 5.41) is 15.6. The first-order valence-corrected chi connectivity index (χ1v) is 8.13. The zero-order chi connectivity index (χ0) is 14.8. The largest absolute Gasteiger partial charge is 0.392 e. The van der Waals surface area contributed by atoms with Crippen molar-refractivity contribution in [1.29, 1.82) is 0 Å². The van der Waals surface area contributed by atoms with Crippen LogP contribution in [-0.4, -0.2) is 54.3 Å². The van der Waals surface area contributed by atoms with Crippen molar-refractivity contribution in [2.75, 3.05) is 20.2 Å². The Bertz CT molecular complexity index is 549. The summed E-state index contributed by atoms with van der Waals surface area (Å²) in [7, 11) is -2.20. The van der Waals surface area contributed by atoms with Gasteiger partial charge in [0.1, 0.15) is 0 Å². The Morgan fingerprint density at radius 1 is 1.50 bits per heavy atom. The topological polar surface area (TPSA) is 95.5 Å². The van der Waals surface area contributed by atoms with Gasteiger partial charge in [0.25, 0.3) is 10.0 Å². The monoisotopic (exact) mass is 303 g/mol. The van der Waals surface area contributed by atoms with E-state index in [4.69, 9.17) is 4.74 Å². The molecule has 1 unspecified atom stereocenters. The molecule has 20 heavy (non-hydrogen) atoms. The van der Waals surface area contributed by atoms with Crippen LogP contribution in [0.15, 0.2) is 5.03 Å². The van der Waals surface area contributed by atoms with Crippen molar-refractivity contribution >= 4 is 10.0 Å². The van der Waals surface area contributed by atoms with Crippen molar-refractivity contribution in [3.8, 4) is 0 Å². The molecule has 1 aromatic rings. The van der Waals surface area contributed by atoms with E-state index >= 15 is 0 Å². The highest BCUT2D eigenvalue weighted by Crippen LogP contribution is 2.21. The molecular weight excluding hydrogens is 282 g/mol. The first-order chi connectivity index (χ1) is 9.46. The van der Waals surface area contributed by atoms with Gasteiger partial charge in [0, 0.05) is 31.5 Å². The third kappa shape index (κ3) is 3.03. The summed E-state index contributed by atoms with van der Waals surface area (Å²) in [6.07, 6.45) is 2.88. The number of nitrogens with zero attached hydrogens (tertiary/aromatic N) is 2. The maximum Gasteiger partial charge on any atom is 0.262 e. The van der Waals surface area contributed by atoms with Gasteiger partial charge in [-0.1, -0.05) is 0 Å². The van der Waals surface area contributed by atoms with Gasteiger partial charge in [-0.15, -0.1) is 0 Å². The second kappa shape index (κ2) is 6.21. The summed E-state index contributed by atoms with van der Waals surface area (Å²) >= 11 is 0. The summed E-state index contributed by atoms with van der Waals surface area (Å²) in [5.74, 6) is 0. The van der Waals surface area contributed by atoms with Gasteiger partial charge in [-0.3, -0.25) is 5.10 Å². The fourth-order valence-electron chi connectivity index (χ4n) is 2.31. The zero-order valence-electron chi connectivity index (χ0n) is 11.8. The number of aryl methyl sites for hydroxylation is 1. The van der Waals surface area contributed by atoms with E-state index < -0.39 is 10.0 Å². The third-order valence-electron chi connectivity index (χ3n) is 3.58. The standard InChI is InChI=1S/C12H21N3O4S/c1-9-11(8-16)12(14-13-9)20(17,18)15(2)7-10-5-3-4-6-19-10/h10,16H,3-8H2,1-2H3,(H,13,14). The summed E-state index contributed by atoms with van der Waals surface area (Å²) in [5.41, 5.74) is 0.884. The lowest BCUT2D eigenvalue weighted by Crippen LogP contribution is -2.37. The van der Waals surface area contributed by atoms with Crippen molar-refractivity contribution in [1.82, 2.24) is 14.5 Å². The van der Waals surface area contributed by atoms with E-state index in [9.17, 15) is 13.5 Å². The Kier molecular flexibility index (Phi) is 4.79. The molecule has 0 saturated carbocycles.